The van der Waals surface area contributed by atoms with E-state index in [1.54, 1.807) is 25.1 Å². The van der Waals surface area contributed by atoms with Crippen molar-refractivity contribution in [3.8, 4) is 0 Å². The number of nitrogens with zero attached hydrogens (tertiary/aromatic N) is 2. The van der Waals surface area contributed by atoms with Gasteiger partial charge in [0.15, 0.2) is 5.78 Å². The summed E-state index contributed by atoms with van der Waals surface area (Å²) in [6.07, 6.45) is 1.95. The lowest BCUT2D eigenvalue weighted by Gasteiger charge is -2.10. The summed E-state index contributed by atoms with van der Waals surface area (Å²) in [5.41, 5.74) is 1.73. The molecule has 0 atom stereocenters. The summed E-state index contributed by atoms with van der Waals surface area (Å²) in [5, 5.41) is 21.0. The number of Topliss-reactive ketones (excluding diaryl/α,β-unsaturated/α-hetero) is 1. The van der Waals surface area contributed by atoms with Crippen LogP contribution >= 0.6 is 7.60 Å². The van der Waals surface area contributed by atoms with Crippen LogP contribution in [0.3, 0.4) is 0 Å². The number of rotatable bonds is 11. The van der Waals surface area contributed by atoms with Gasteiger partial charge in [-0.15, -0.1) is 0 Å². The first kappa shape index (κ1) is 46.7. The molecule has 248 valence electrons. The van der Waals surface area contributed by atoms with E-state index in [1.807, 2.05) is 6.92 Å². The van der Waals surface area contributed by atoms with Crippen LogP contribution in [-0.4, -0.2) is 62.2 Å². The molecular formula is C29H45N2O12P. The third-order valence-electron chi connectivity index (χ3n) is 5.11. The van der Waals surface area contributed by atoms with Crippen LogP contribution in [0, 0.1) is 20.2 Å². The lowest BCUT2D eigenvalue weighted by molar-refractivity contribution is -0.385. The Balaban J connectivity index is -0.000000270. The minimum absolute atomic E-state index is 0. The van der Waals surface area contributed by atoms with Gasteiger partial charge in [-0.2, -0.15) is 0 Å². The number of methoxy groups -OCH3 is 2. The van der Waals surface area contributed by atoms with E-state index in [0.717, 1.165) is 0 Å². The molecule has 15 heteroatoms. The van der Waals surface area contributed by atoms with E-state index in [4.69, 9.17) is 0 Å². The molecule has 44 heavy (non-hydrogen) atoms. The largest absolute Gasteiger partial charge is 0.469 e. The van der Waals surface area contributed by atoms with Crippen molar-refractivity contribution in [1.82, 2.24) is 0 Å². The van der Waals surface area contributed by atoms with Crippen LogP contribution in [0.2, 0.25) is 0 Å². The van der Waals surface area contributed by atoms with Crippen LogP contribution in [0.1, 0.15) is 64.9 Å². The molecule has 2 rings (SSSR count). The highest BCUT2D eigenvalue weighted by Crippen LogP contribution is 2.45. The van der Waals surface area contributed by atoms with Gasteiger partial charge in [0.05, 0.1) is 24.1 Å². The van der Waals surface area contributed by atoms with Crippen molar-refractivity contribution < 1.29 is 47.3 Å². The van der Waals surface area contributed by atoms with Crippen molar-refractivity contribution in [1.29, 1.82) is 0 Å². The number of ether oxygens (including phenoxy) is 2. The summed E-state index contributed by atoms with van der Waals surface area (Å²) in [6, 6.07) is 11.9. The Morgan fingerprint density at radius 1 is 0.773 bits per heavy atom. The van der Waals surface area contributed by atoms with E-state index < -0.39 is 29.4 Å². The first-order chi connectivity index (χ1) is 19.3. The zero-order valence-corrected chi connectivity index (χ0v) is 24.5. The standard InChI is InChI=1S/C12H13NO4.C9H9NO3.C5H11O5P.3CH4/c1-3-9(8-12(14)17-2)10-5-4-6-11(7-10)13(15)16;1-2-9(11)7-4-3-5-8(6-7)10(12)13;1-8-5(6)4-11(7,9-2)10-3;;;/h4-8H,3H2,1-2H3;3-6H,2H2,1H3;4H2,1-3H3;3*1H4/b9-8+;;;;;. The van der Waals surface area contributed by atoms with E-state index in [2.05, 4.69) is 18.5 Å². The van der Waals surface area contributed by atoms with E-state index in [-0.39, 0.29) is 45.6 Å². The smallest absolute Gasteiger partial charge is 0.341 e. The number of esters is 2. The fourth-order valence-electron chi connectivity index (χ4n) is 2.83. The number of allylic oxidation sites excluding steroid dienone is 1. The average molecular weight is 645 g/mol. The number of ketones is 1. The number of hydrogen-bond donors (Lipinski definition) is 0. The van der Waals surface area contributed by atoms with Crippen molar-refractivity contribution in [2.75, 3.05) is 34.6 Å². The molecule has 0 aromatic heterocycles. The molecule has 2 aromatic carbocycles. The summed E-state index contributed by atoms with van der Waals surface area (Å²) >= 11 is 0. The molecule has 0 heterocycles. The molecule has 0 aliphatic rings. The van der Waals surface area contributed by atoms with Gasteiger partial charge in [-0.05, 0) is 17.6 Å². The van der Waals surface area contributed by atoms with Crippen LogP contribution in [0.4, 0.5) is 11.4 Å². The number of nitro groups is 2. The third-order valence-corrected chi connectivity index (χ3v) is 6.87. The molecular weight excluding hydrogens is 599 g/mol. The summed E-state index contributed by atoms with van der Waals surface area (Å²) in [5.74, 6) is -1.16. The Morgan fingerprint density at radius 2 is 1.23 bits per heavy atom. The van der Waals surface area contributed by atoms with Gasteiger partial charge in [-0.3, -0.25) is 34.4 Å². The van der Waals surface area contributed by atoms with E-state index >= 15 is 0 Å². The molecule has 0 radical (unpaired) electrons. The quantitative estimate of drug-likeness (QED) is 0.0593. The monoisotopic (exact) mass is 644 g/mol. The molecule has 0 fully saturated rings. The lowest BCUT2D eigenvalue weighted by Crippen LogP contribution is -2.08. The van der Waals surface area contributed by atoms with Gasteiger partial charge in [-0.25, -0.2) is 4.79 Å². The Hall–Kier alpha value is -4.26. The van der Waals surface area contributed by atoms with Crippen LogP contribution in [0.25, 0.3) is 5.57 Å². The molecule has 0 saturated carbocycles. The second-order valence-electron chi connectivity index (χ2n) is 7.65. The normalized spacial score (nSPS) is 9.91. The predicted octanol–water partition coefficient (Wildman–Crippen LogP) is 7.30. The molecule has 0 saturated heterocycles. The molecule has 2 aromatic rings. The SMILES string of the molecule is C.C.C.CC/C(=C\C(=O)OC)c1cccc([N+](=O)[O-])c1.CCC(=O)c1cccc([N+](=O)[O-])c1.COC(=O)CP(=O)(OC)OC. The molecule has 0 N–H and O–H groups in total. The minimum Gasteiger partial charge on any atom is -0.469 e. The maximum atomic E-state index is 11.2. The topological polar surface area (TPSA) is 191 Å². The maximum absolute atomic E-state index is 11.2. The van der Waals surface area contributed by atoms with Crippen molar-refractivity contribution in [3.05, 3.63) is 86.0 Å². The molecule has 0 aliphatic carbocycles. The Bertz CT molecular complexity index is 1290. The first-order valence-corrected chi connectivity index (χ1v) is 13.6. The fourth-order valence-corrected chi connectivity index (χ4v) is 3.69. The molecule has 0 unspecified atom stereocenters. The summed E-state index contributed by atoms with van der Waals surface area (Å²) in [6.45, 7) is 3.59. The molecule has 14 nitrogen and oxygen atoms in total. The van der Waals surface area contributed by atoms with E-state index in [9.17, 15) is 39.2 Å². The molecule has 0 amide bonds. The second kappa shape index (κ2) is 24.2. The first-order valence-electron chi connectivity index (χ1n) is 11.9. The zero-order valence-electron chi connectivity index (χ0n) is 23.6. The van der Waals surface area contributed by atoms with Gasteiger partial charge >= 0.3 is 19.5 Å². The van der Waals surface area contributed by atoms with Crippen molar-refractivity contribution >= 4 is 42.3 Å². The van der Waals surface area contributed by atoms with Crippen LogP contribution in [-0.2, 0) is 32.7 Å². The van der Waals surface area contributed by atoms with E-state index in [0.29, 0.717) is 29.5 Å². The second-order valence-corrected chi connectivity index (χ2v) is 9.92. The van der Waals surface area contributed by atoms with Gasteiger partial charge < -0.3 is 18.5 Å². The number of hydrogen-bond acceptors (Lipinski definition) is 12. The lowest BCUT2D eigenvalue weighted by atomic mass is 10.0. The van der Waals surface area contributed by atoms with Crippen LogP contribution < -0.4 is 0 Å². The highest BCUT2D eigenvalue weighted by Gasteiger charge is 2.25. The van der Waals surface area contributed by atoms with Gasteiger partial charge in [0, 0.05) is 56.5 Å². The summed E-state index contributed by atoms with van der Waals surface area (Å²) in [4.78, 5) is 52.9. The number of carbonyl (C=O) groups is 3. The minimum atomic E-state index is -3.23. The predicted molar refractivity (Wildman–Crippen MR) is 170 cm³/mol. The van der Waals surface area contributed by atoms with E-state index in [1.165, 1.54) is 64.8 Å². The van der Waals surface area contributed by atoms with Gasteiger partial charge in [0.1, 0.15) is 6.16 Å². The zero-order chi connectivity index (χ0) is 31.6. The van der Waals surface area contributed by atoms with Crippen LogP contribution in [0.15, 0.2) is 54.6 Å². The van der Waals surface area contributed by atoms with Gasteiger partial charge in [0.25, 0.3) is 11.4 Å². The van der Waals surface area contributed by atoms with Crippen molar-refractivity contribution in [3.63, 3.8) is 0 Å². The Labute approximate surface area is 259 Å². The highest BCUT2D eigenvalue weighted by molar-refractivity contribution is 7.54. The number of carbonyl (C=O) groups excluding carboxylic acids is 3. The number of benzene rings is 2. The van der Waals surface area contributed by atoms with Crippen molar-refractivity contribution in [2.45, 2.75) is 49.0 Å². The fraction of sp³-hybridized carbons (Fsp3) is 0.414. The molecule has 0 aliphatic heterocycles. The van der Waals surface area contributed by atoms with Crippen LogP contribution in [0.5, 0.6) is 0 Å². The Morgan fingerprint density at radius 3 is 1.59 bits per heavy atom. The average Bonchev–Trinajstić information content (AvgIpc) is 2.99. The molecule has 0 bridgehead atoms. The summed E-state index contributed by atoms with van der Waals surface area (Å²) in [7, 11) is 1.70. The number of non-ortho nitro benzene ring substituents is 2. The van der Waals surface area contributed by atoms with Gasteiger partial charge in [0.2, 0.25) is 0 Å². The van der Waals surface area contributed by atoms with Gasteiger partial charge in [-0.1, -0.05) is 60.4 Å². The maximum Gasteiger partial charge on any atom is 0.341 e. The molecule has 0 spiro atoms. The highest BCUT2D eigenvalue weighted by atomic mass is 31.2. The summed E-state index contributed by atoms with van der Waals surface area (Å²) < 4.78 is 29.0. The third kappa shape index (κ3) is 17.0. The number of nitro benzene ring substituents is 2. The Kier molecular flexibility index (Phi) is 25.7. The van der Waals surface area contributed by atoms with Crippen molar-refractivity contribution in [2.24, 2.45) is 0 Å².